The molecule has 0 spiro atoms. The Kier molecular flexibility index (Phi) is 6.00. The predicted molar refractivity (Wildman–Crippen MR) is 78.0 cm³/mol. The lowest BCUT2D eigenvalue weighted by molar-refractivity contribution is -0.123. The fraction of sp³-hybridized carbons (Fsp3) is 0.467. The van der Waals surface area contributed by atoms with Crippen LogP contribution in [-0.4, -0.2) is 38.3 Å². The van der Waals surface area contributed by atoms with Crippen molar-refractivity contribution in [2.45, 2.75) is 18.9 Å². The highest BCUT2D eigenvalue weighted by atomic mass is 16.5. The van der Waals surface area contributed by atoms with E-state index in [1.54, 1.807) is 24.3 Å². The van der Waals surface area contributed by atoms with Crippen molar-refractivity contribution in [3.63, 3.8) is 0 Å². The topological polar surface area (TPSA) is 83.4 Å². The minimum Gasteiger partial charge on any atom is -0.479 e. The molecule has 0 aliphatic carbocycles. The van der Waals surface area contributed by atoms with E-state index in [1.807, 2.05) is 6.07 Å². The normalized spacial score (nSPS) is 15.2. The SMILES string of the molecule is N#CCOc1ccc(NC(=O)COC2CCNCC2)cc1. The predicted octanol–water partition coefficient (Wildman–Crippen LogP) is 1.30. The lowest BCUT2D eigenvalue weighted by Gasteiger charge is -2.22. The average molecular weight is 289 g/mol. The number of piperidine rings is 1. The molecule has 1 aliphatic heterocycles. The van der Waals surface area contributed by atoms with Crippen LogP contribution in [-0.2, 0) is 9.53 Å². The first-order chi connectivity index (χ1) is 10.3. The van der Waals surface area contributed by atoms with E-state index in [0.717, 1.165) is 25.9 Å². The van der Waals surface area contributed by atoms with Crippen LogP contribution in [0.25, 0.3) is 0 Å². The van der Waals surface area contributed by atoms with E-state index in [2.05, 4.69) is 10.6 Å². The Labute approximate surface area is 124 Å². The molecule has 0 atom stereocenters. The van der Waals surface area contributed by atoms with Crippen LogP contribution in [0.5, 0.6) is 5.75 Å². The maximum Gasteiger partial charge on any atom is 0.250 e. The van der Waals surface area contributed by atoms with Crippen molar-refractivity contribution in [3.05, 3.63) is 24.3 Å². The molecule has 0 saturated carbocycles. The second-order valence-electron chi connectivity index (χ2n) is 4.78. The van der Waals surface area contributed by atoms with Crippen molar-refractivity contribution in [3.8, 4) is 11.8 Å². The molecule has 6 heteroatoms. The van der Waals surface area contributed by atoms with Gasteiger partial charge in [-0.15, -0.1) is 0 Å². The number of rotatable bonds is 6. The first-order valence-corrected chi connectivity index (χ1v) is 7.00. The zero-order chi connectivity index (χ0) is 14.9. The Bertz CT molecular complexity index is 490. The number of amides is 1. The zero-order valence-corrected chi connectivity index (χ0v) is 11.8. The lowest BCUT2D eigenvalue weighted by atomic mass is 10.1. The second kappa shape index (κ2) is 8.25. The van der Waals surface area contributed by atoms with Gasteiger partial charge < -0.3 is 20.1 Å². The smallest absolute Gasteiger partial charge is 0.250 e. The molecule has 1 heterocycles. The highest BCUT2D eigenvalue weighted by Crippen LogP contribution is 2.15. The van der Waals surface area contributed by atoms with E-state index in [-0.39, 0.29) is 25.2 Å². The Morgan fingerprint density at radius 1 is 1.33 bits per heavy atom. The monoisotopic (exact) mass is 289 g/mol. The van der Waals surface area contributed by atoms with Crippen LogP contribution in [0.15, 0.2) is 24.3 Å². The molecule has 112 valence electrons. The summed E-state index contributed by atoms with van der Waals surface area (Å²) in [5.41, 5.74) is 0.679. The van der Waals surface area contributed by atoms with Gasteiger partial charge in [0.05, 0.1) is 6.10 Å². The van der Waals surface area contributed by atoms with Gasteiger partial charge in [-0.25, -0.2) is 0 Å². The third-order valence-corrected chi connectivity index (χ3v) is 3.18. The Balaban J connectivity index is 1.73. The number of carbonyl (C=O) groups excluding carboxylic acids is 1. The molecule has 1 saturated heterocycles. The van der Waals surface area contributed by atoms with Crippen molar-refractivity contribution in [1.29, 1.82) is 5.26 Å². The number of ether oxygens (including phenoxy) is 2. The van der Waals surface area contributed by atoms with Crippen molar-refractivity contribution in [2.24, 2.45) is 0 Å². The third-order valence-electron chi connectivity index (χ3n) is 3.18. The second-order valence-corrected chi connectivity index (χ2v) is 4.78. The maximum atomic E-state index is 11.8. The molecule has 2 N–H and O–H groups in total. The number of hydrogen-bond acceptors (Lipinski definition) is 5. The highest BCUT2D eigenvalue weighted by molar-refractivity contribution is 5.91. The molecule has 2 rings (SSSR count). The fourth-order valence-corrected chi connectivity index (χ4v) is 2.10. The van der Waals surface area contributed by atoms with Gasteiger partial charge in [-0.2, -0.15) is 5.26 Å². The number of nitrogens with zero attached hydrogens (tertiary/aromatic N) is 1. The molecule has 0 bridgehead atoms. The largest absolute Gasteiger partial charge is 0.479 e. The minimum atomic E-state index is -0.167. The van der Waals surface area contributed by atoms with Crippen molar-refractivity contribution < 1.29 is 14.3 Å². The summed E-state index contributed by atoms with van der Waals surface area (Å²) in [5, 5.41) is 14.4. The molecule has 1 aromatic carbocycles. The Hall–Kier alpha value is -2.10. The molecule has 0 aromatic heterocycles. The van der Waals surface area contributed by atoms with Gasteiger partial charge in [0.2, 0.25) is 5.91 Å². The van der Waals surface area contributed by atoms with Crippen LogP contribution in [0, 0.1) is 11.3 Å². The molecule has 6 nitrogen and oxygen atoms in total. The van der Waals surface area contributed by atoms with E-state index in [0.29, 0.717) is 11.4 Å². The number of hydrogen-bond donors (Lipinski definition) is 2. The Morgan fingerprint density at radius 3 is 2.71 bits per heavy atom. The van der Waals surface area contributed by atoms with Gasteiger partial charge in [-0.05, 0) is 50.2 Å². The molecule has 21 heavy (non-hydrogen) atoms. The zero-order valence-electron chi connectivity index (χ0n) is 11.8. The number of benzene rings is 1. The average Bonchev–Trinajstić information content (AvgIpc) is 2.53. The molecule has 1 fully saturated rings. The molecule has 1 aromatic rings. The van der Waals surface area contributed by atoms with Crippen LogP contribution in [0.2, 0.25) is 0 Å². The summed E-state index contributed by atoms with van der Waals surface area (Å²) in [7, 11) is 0. The maximum absolute atomic E-state index is 11.8. The summed E-state index contributed by atoms with van der Waals surface area (Å²) < 4.78 is 10.7. The van der Waals surface area contributed by atoms with E-state index in [1.165, 1.54) is 0 Å². The van der Waals surface area contributed by atoms with E-state index in [4.69, 9.17) is 14.7 Å². The van der Waals surface area contributed by atoms with Gasteiger partial charge in [-0.1, -0.05) is 0 Å². The summed E-state index contributed by atoms with van der Waals surface area (Å²) in [6.07, 6.45) is 2.05. The van der Waals surface area contributed by atoms with Crippen LogP contribution in [0.3, 0.4) is 0 Å². The van der Waals surface area contributed by atoms with Gasteiger partial charge in [-0.3, -0.25) is 4.79 Å². The van der Waals surface area contributed by atoms with Gasteiger partial charge >= 0.3 is 0 Å². The fourth-order valence-electron chi connectivity index (χ4n) is 2.10. The third kappa shape index (κ3) is 5.42. The van der Waals surface area contributed by atoms with Crippen LogP contribution < -0.4 is 15.4 Å². The van der Waals surface area contributed by atoms with Crippen molar-refractivity contribution in [2.75, 3.05) is 31.6 Å². The summed E-state index contributed by atoms with van der Waals surface area (Å²) in [4.78, 5) is 11.8. The van der Waals surface area contributed by atoms with Crippen LogP contribution in [0.4, 0.5) is 5.69 Å². The van der Waals surface area contributed by atoms with Crippen molar-refractivity contribution >= 4 is 11.6 Å². The van der Waals surface area contributed by atoms with Gasteiger partial charge in [0.25, 0.3) is 0 Å². The van der Waals surface area contributed by atoms with Crippen molar-refractivity contribution in [1.82, 2.24) is 5.32 Å². The number of anilines is 1. The number of nitriles is 1. The van der Waals surface area contributed by atoms with Crippen LogP contribution in [0.1, 0.15) is 12.8 Å². The van der Waals surface area contributed by atoms with E-state index in [9.17, 15) is 4.79 Å². The summed E-state index contributed by atoms with van der Waals surface area (Å²) in [6.45, 7) is 1.96. The molecule has 1 aliphatic rings. The number of nitrogens with one attached hydrogen (secondary N) is 2. The molecular weight excluding hydrogens is 270 g/mol. The molecule has 0 radical (unpaired) electrons. The first kappa shape index (κ1) is 15.3. The molecule has 0 unspecified atom stereocenters. The minimum absolute atomic E-state index is 0.00971. The summed E-state index contributed by atoms with van der Waals surface area (Å²) >= 11 is 0. The van der Waals surface area contributed by atoms with E-state index >= 15 is 0 Å². The standard InChI is InChI=1S/C15H19N3O3/c16-7-10-20-13-3-1-12(2-4-13)18-15(19)11-21-14-5-8-17-9-6-14/h1-4,14,17H,5-6,8-11H2,(H,18,19). The summed E-state index contributed by atoms with van der Waals surface area (Å²) in [5.74, 6) is 0.430. The molecule has 1 amide bonds. The highest BCUT2D eigenvalue weighted by Gasteiger charge is 2.14. The quantitative estimate of drug-likeness (QED) is 0.824. The van der Waals surface area contributed by atoms with Gasteiger partial charge in [0.1, 0.15) is 18.4 Å². The van der Waals surface area contributed by atoms with E-state index < -0.39 is 0 Å². The van der Waals surface area contributed by atoms with Crippen LogP contribution >= 0.6 is 0 Å². The number of carbonyl (C=O) groups is 1. The van der Waals surface area contributed by atoms with Gasteiger partial charge in [0.15, 0.2) is 6.61 Å². The van der Waals surface area contributed by atoms with Gasteiger partial charge in [0, 0.05) is 5.69 Å². The Morgan fingerprint density at radius 2 is 2.05 bits per heavy atom. The molecular formula is C15H19N3O3. The first-order valence-electron chi connectivity index (χ1n) is 7.00. The lowest BCUT2D eigenvalue weighted by Crippen LogP contribution is -2.34. The summed E-state index contributed by atoms with van der Waals surface area (Å²) in [6, 6.07) is 8.78.